The Balaban J connectivity index is 1.70. The van der Waals surface area contributed by atoms with Gasteiger partial charge in [-0.1, -0.05) is 12.1 Å². The molecule has 1 N–H and O–H groups in total. The first-order chi connectivity index (χ1) is 14.5. The van der Waals surface area contributed by atoms with Crippen molar-refractivity contribution in [1.82, 2.24) is 9.97 Å². The van der Waals surface area contributed by atoms with Gasteiger partial charge in [-0.3, -0.25) is 4.98 Å². The fourth-order valence-electron chi connectivity index (χ4n) is 3.54. The minimum Gasteiger partial charge on any atom is -0.488 e. The lowest BCUT2D eigenvalue weighted by atomic mass is 9.99. The molecule has 1 aliphatic rings. The highest BCUT2D eigenvalue weighted by molar-refractivity contribution is 5.94. The van der Waals surface area contributed by atoms with Crippen LogP contribution in [0.4, 0.5) is 8.78 Å². The van der Waals surface area contributed by atoms with Gasteiger partial charge in [-0.05, 0) is 66.3 Å². The van der Waals surface area contributed by atoms with Crippen LogP contribution in [-0.2, 0) is 6.61 Å². The molecule has 0 atom stereocenters. The molecule has 1 aromatic heterocycles. The van der Waals surface area contributed by atoms with Crippen LogP contribution in [-0.4, -0.2) is 21.0 Å². The van der Waals surface area contributed by atoms with Crippen molar-refractivity contribution < 1.29 is 23.4 Å². The Kier molecular flexibility index (Phi) is 5.52. The number of allylic oxidation sites excluding steroid dienone is 2. The van der Waals surface area contributed by atoms with E-state index in [-0.39, 0.29) is 18.1 Å². The molecule has 2 aromatic carbocycles. The van der Waals surface area contributed by atoms with Crippen LogP contribution < -0.4 is 4.74 Å². The van der Waals surface area contributed by atoms with Crippen LogP contribution in [0.3, 0.4) is 0 Å². The van der Waals surface area contributed by atoms with Gasteiger partial charge in [0.2, 0.25) is 0 Å². The van der Waals surface area contributed by atoms with Gasteiger partial charge >= 0.3 is 5.97 Å². The second-order valence-corrected chi connectivity index (χ2v) is 6.96. The van der Waals surface area contributed by atoms with Crippen molar-refractivity contribution >= 4 is 17.1 Å². The van der Waals surface area contributed by atoms with Crippen LogP contribution in [0.2, 0.25) is 0 Å². The second-order valence-electron chi connectivity index (χ2n) is 6.96. The van der Waals surface area contributed by atoms with E-state index in [0.29, 0.717) is 29.8 Å². The summed E-state index contributed by atoms with van der Waals surface area (Å²) in [4.78, 5) is 19.4. The van der Waals surface area contributed by atoms with Gasteiger partial charge in [0.05, 0.1) is 18.1 Å². The summed E-state index contributed by atoms with van der Waals surface area (Å²) < 4.78 is 33.1. The van der Waals surface area contributed by atoms with Crippen molar-refractivity contribution in [3.05, 3.63) is 89.0 Å². The first-order valence-corrected chi connectivity index (χ1v) is 9.46. The molecule has 0 amide bonds. The maximum absolute atomic E-state index is 14.1. The van der Waals surface area contributed by atoms with E-state index in [1.165, 1.54) is 36.7 Å². The fourth-order valence-corrected chi connectivity index (χ4v) is 3.54. The number of hydrogen-bond acceptors (Lipinski definition) is 4. The molecule has 0 fully saturated rings. The van der Waals surface area contributed by atoms with Crippen LogP contribution in [0.15, 0.2) is 54.9 Å². The number of aromatic carboxylic acids is 1. The molecule has 0 saturated carbocycles. The van der Waals surface area contributed by atoms with Crippen LogP contribution in [0.5, 0.6) is 5.75 Å². The third-order valence-electron chi connectivity index (χ3n) is 4.96. The Hall–Kier alpha value is -3.61. The summed E-state index contributed by atoms with van der Waals surface area (Å²) in [7, 11) is 0. The topological polar surface area (TPSA) is 72.3 Å². The predicted molar refractivity (Wildman–Crippen MR) is 107 cm³/mol. The van der Waals surface area contributed by atoms with Gasteiger partial charge < -0.3 is 9.84 Å². The van der Waals surface area contributed by atoms with Gasteiger partial charge in [0.1, 0.15) is 24.0 Å². The molecule has 0 unspecified atom stereocenters. The van der Waals surface area contributed by atoms with E-state index in [2.05, 4.69) is 9.97 Å². The maximum Gasteiger partial charge on any atom is 0.356 e. The second kappa shape index (κ2) is 8.41. The minimum absolute atomic E-state index is 0.140. The molecule has 0 saturated heterocycles. The first kappa shape index (κ1) is 19.7. The van der Waals surface area contributed by atoms with Crippen LogP contribution in [0.25, 0.3) is 11.1 Å². The molecular formula is C23H18F2N2O3. The van der Waals surface area contributed by atoms with E-state index in [0.717, 1.165) is 23.1 Å². The van der Waals surface area contributed by atoms with E-state index in [4.69, 9.17) is 4.74 Å². The van der Waals surface area contributed by atoms with E-state index in [1.54, 1.807) is 18.2 Å². The van der Waals surface area contributed by atoms with Gasteiger partial charge in [0, 0.05) is 5.56 Å². The number of carboxylic acids is 1. The van der Waals surface area contributed by atoms with Crippen molar-refractivity contribution in [1.29, 1.82) is 0 Å². The van der Waals surface area contributed by atoms with Gasteiger partial charge in [-0.2, -0.15) is 0 Å². The Morgan fingerprint density at radius 2 is 1.73 bits per heavy atom. The van der Waals surface area contributed by atoms with Crippen molar-refractivity contribution in [2.45, 2.75) is 25.9 Å². The number of carboxylic acid groups (broad SMARTS) is 1. The summed E-state index contributed by atoms with van der Waals surface area (Å²) in [6.07, 6.45) is 4.91. The Bertz CT molecular complexity index is 1130. The molecule has 4 rings (SSSR count). The van der Waals surface area contributed by atoms with E-state index in [1.807, 2.05) is 0 Å². The number of rotatable bonds is 6. The highest BCUT2D eigenvalue weighted by Gasteiger charge is 2.23. The molecule has 30 heavy (non-hydrogen) atoms. The molecule has 152 valence electrons. The monoisotopic (exact) mass is 408 g/mol. The third kappa shape index (κ3) is 4.20. The number of hydrogen-bond donors (Lipinski definition) is 1. The predicted octanol–water partition coefficient (Wildman–Crippen LogP) is 5.13. The van der Waals surface area contributed by atoms with Crippen LogP contribution in [0.1, 0.15) is 46.6 Å². The molecule has 0 aliphatic heterocycles. The zero-order valence-corrected chi connectivity index (χ0v) is 15.9. The normalized spacial score (nSPS) is 13.5. The van der Waals surface area contributed by atoms with Gasteiger partial charge in [-0.25, -0.2) is 18.6 Å². The lowest BCUT2D eigenvalue weighted by Crippen LogP contribution is -2.04. The zero-order valence-electron chi connectivity index (χ0n) is 15.9. The standard InChI is InChI=1S/C23H18F2N2O3/c24-15-6-4-14(5-7-15)13-30-22-9-8-16(25)10-19(22)17-2-1-3-18(17)20-11-26-12-21(27-20)23(28)29/h4-12H,1-3,13H2,(H,28,29). The molecule has 0 radical (unpaired) electrons. The number of nitrogens with zero attached hydrogens (tertiary/aromatic N) is 2. The summed E-state index contributed by atoms with van der Waals surface area (Å²) >= 11 is 0. The van der Waals surface area contributed by atoms with Gasteiger partial charge in [0.25, 0.3) is 0 Å². The first-order valence-electron chi connectivity index (χ1n) is 9.46. The average Bonchev–Trinajstić information content (AvgIpc) is 3.24. The van der Waals surface area contributed by atoms with Gasteiger partial charge in [0.15, 0.2) is 5.69 Å². The van der Waals surface area contributed by atoms with Crippen molar-refractivity contribution in [3.8, 4) is 5.75 Å². The molecule has 1 heterocycles. The van der Waals surface area contributed by atoms with E-state index in [9.17, 15) is 18.7 Å². The Morgan fingerprint density at radius 1 is 1.00 bits per heavy atom. The lowest BCUT2D eigenvalue weighted by Gasteiger charge is -2.15. The maximum atomic E-state index is 14.1. The molecule has 0 bridgehead atoms. The summed E-state index contributed by atoms with van der Waals surface area (Å²) in [6, 6.07) is 10.3. The highest BCUT2D eigenvalue weighted by Crippen LogP contribution is 2.42. The lowest BCUT2D eigenvalue weighted by molar-refractivity contribution is 0.0690. The fraction of sp³-hybridized carbons (Fsp3) is 0.174. The van der Waals surface area contributed by atoms with E-state index >= 15 is 0 Å². The SMILES string of the molecule is O=C(O)c1cncc(C2=C(c3cc(F)ccc3OCc3ccc(F)cc3)CCC2)n1. The molecular weight excluding hydrogens is 390 g/mol. The Morgan fingerprint density at radius 3 is 2.50 bits per heavy atom. The summed E-state index contributed by atoms with van der Waals surface area (Å²) in [5.41, 5.74) is 3.41. The number of aromatic nitrogens is 2. The highest BCUT2D eigenvalue weighted by atomic mass is 19.1. The smallest absolute Gasteiger partial charge is 0.356 e. The molecule has 5 nitrogen and oxygen atoms in total. The largest absolute Gasteiger partial charge is 0.488 e. The van der Waals surface area contributed by atoms with Crippen molar-refractivity contribution in [2.75, 3.05) is 0 Å². The van der Waals surface area contributed by atoms with Crippen molar-refractivity contribution in [2.24, 2.45) is 0 Å². The van der Waals surface area contributed by atoms with Gasteiger partial charge in [-0.15, -0.1) is 0 Å². The number of carbonyl (C=O) groups is 1. The zero-order chi connectivity index (χ0) is 21.1. The summed E-state index contributed by atoms with van der Waals surface area (Å²) in [5, 5.41) is 9.20. The number of benzene rings is 2. The summed E-state index contributed by atoms with van der Waals surface area (Å²) in [5.74, 6) is -1.38. The molecule has 7 heteroatoms. The summed E-state index contributed by atoms with van der Waals surface area (Å²) in [6.45, 7) is 0.204. The average molecular weight is 408 g/mol. The number of halogens is 2. The molecule has 1 aliphatic carbocycles. The third-order valence-corrected chi connectivity index (χ3v) is 4.96. The Labute approximate surface area is 171 Å². The quantitative estimate of drug-likeness (QED) is 0.612. The molecule has 0 spiro atoms. The van der Waals surface area contributed by atoms with Crippen molar-refractivity contribution in [3.63, 3.8) is 0 Å². The van der Waals surface area contributed by atoms with E-state index < -0.39 is 11.8 Å². The minimum atomic E-state index is -1.15. The van der Waals surface area contributed by atoms with Crippen LogP contribution in [0, 0.1) is 11.6 Å². The van der Waals surface area contributed by atoms with Crippen LogP contribution >= 0.6 is 0 Å². The molecule has 3 aromatic rings. The number of ether oxygens (including phenoxy) is 1.